The van der Waals surface area contributed by atoms with E-state index in [0.29, 0.717) is 11.3 Å². The second-order valence-corrected chi connectivity index (χ2v) is 5.82. The summed E-state index contributed by atoms with van der Waals surface area (Å²) in [4.78, 5) is 37.9. The molecule has 6 nitrogen and oxygen atoms in total. The molecule has 0 aliphatic carbocycles. The third kappa shape index (κ3) is 3.14. The van der Waals surface area contributed by atoms with Crippen LogP contribution in [0.25, 0.3) is 6.08 Å². The standard InChI is InChI=1S/C19H16N2O4/c1-11-6-7-14(8-12(11)2)21-18(24)16(17(23)20-19(21)25)10-13-4-3-5-15(22)9-13/h3-10,22H,1-2H3,(H,20,23,25)/b16-10-. The first-order valence-electron chi connectivity index (χ1n) is 7.64. The SMILES string of the molecule is Cc1ccc(N2C(=O)NC(=O)/C(=C/c3cccc(O)c3)C2=O)cc1C. The highest BCUT2D eigenvalue weighted by Gasteiger charge is 2.36. The van der Waals surface area contributed by atoms with Gasteiger partial charge in [-0.1, -0.05) is 18.2 Å². The van der Waals surface area contributed by atoms with Crippen molar-refractivity contribution in [2.75, 3.05) is 4.90 Å². The van der Waals surface area contributed by atoms with Crippen LogP contribution in [0.3, 0.4) is 0 Å². The molecule has 0 bridgehead atoms. The maximum atomic E-state index is 12.7. The Morgan fingerprint density at radius 1 is 1.00 bits per heavy atom. The van der Waals surface area contributed by atoms with Gasteiger partial charge in [0.05, 0.1) is 5.69 Å². The number of barbiturate groups is 1. The van der Waals surface area contributed by atoms with Gasteiger partial charge in [0.1, 0.15) is 11.3 Å². The third-order valence-electron chi connectivity index (χ3n) is 4.03. The molecule has 2 aromatic carbocycles. The van der Waals surface area contributed by atoms with Crippen molar-refractivity contribution in [3.8, 4) is 5.75 Å². The maximum Gasteiger partial charge on any atom is 0.335 e. The molecule has 0 radical (unpaired) electrons. The zero-order chi connectivity index (χ0) is 18.1. The van der Waals surface area contributed by atoms with Gasteiger partial charge in [-0.15, -0.1) is 0 Å². The number of nitrogens with zero attached hydrogens (tertiary/aromatic N) is 1. The van der Waals surface area contributed by atoms with E-state index in [0.717, 1.165) is 16.0 Å². The molecular formula is C19H16N2O4. The lowest BCUT2D eigenvalue weighted by Gasteiger charge is -2.26. The van der Waals surface area contributed by atoms with Crippen molar-refractivity contribution in [1.29, 1.82) is 0 Å². The van der Waals surface area contributed by atoms with Gasteiger partial charge in [0.25, 0.3) is 11.8 Å². The Hall–Kier alpha value is -3.41. The fourth-order valence-corrected chi connectivity index (χ4v) is 2.54. The van der Waals surface area contributed by atoms with Gasteiger partial charge in [-0.05, 0) is 60.9 Å². The van der Waals surface area contributed by atoms with E-state index in [-0.39, 0.29) is 11.3 Å². The van der Waals surface area contributed by atoms with Crippen LogP contribution in [-0.2, 0) is 9.59 Å². The summed E-state index contributed by atoms with van der Waals surface area (Å²) in [7, 11) is 0. The van der Waals surface area contributed by atoms with Crippen LogP contribution in [-0.4, -0.2) is 23.0 Å². The van der Waals surface area contributed by atoms with Gasteiger partial charge in [0.15, 0.2) is 0 Å². The Balaban J connectivity index is 2.03. The van der Waals surface area contributed by atoms with Gasteiger partial charge >= 0.3 is 6.03 Å². The highest BCUT2D eigenvalue weighted by atomic mass is 16.3. The molecule has 3 rings (SSSR count). The molecule has 4 amide bonds. The van der Waals surface area contributed by atoms with Crippen LogP contribution in [0, 0.1) is 13.8 Å². The fourth-order valence-electron chi connectivity index (χ4n) is 2.54. The molecule has 0 spiro atoms. The van der Waals surface area contributed by atoms with Gasteiger partial charge in [0, 0.05) is 0 Å². The van der Waals surface area contributed by atoms with Gasteiger partial charge in [-0.2, -0.15) is 0 Å². The van der Waals surface area contributed by atoms with Gasteiger partial charge in [-0.3, -0.25) is 14.9 Å². The highest BCUT2D eigenvalue weighted by molar-refractivity contribution is 6.39. The molecule has 1 aliphatic heterocycles. The summed E-state index contributed by atoms with van der Waals surface area (Å²) in [5, 5.41) is 11.7. The number of anilines is 1. The predicted molar refractivity (Wildman–Crippen MR) is 93.0 cm³/mol. The summed E-state index contributed by atoms with van der Waals surface area (Å²) >= 11 is 0. The summed E-state index contributed by atoms with van der Waals surface area (Å²) in [5.74, 6) is -1.46. The number of phenolic OH excluding ortho intramolecular Hbond substituents is 1. The quantitative estimate of drug-likeness (QED) is 0.652. The average molecular weight is 336 g/mol. The van der Waals surface area contributed by atoms with Crippen LogP contribution < -0.4 is 10.2 Å². The van der Waals surface area contributed by atoms with Gasteiger partial charge in [0.2, 0.25) is 0 Å². The third-order valence-corrected chi connectivity index (χ3v) is 4.03. The molecule has 1 fully saturated rings. The summed E-state index contributed by atoms with van der Waals surface area (Å²) in [6.45, 7) is 3.80. The minimum Gasteiger partial charge on any atom is -0.508 e. The number of benzene rings is 2. The molecular weight excluding hydrogens is 320 g/mol. The van der Waals surface area contributed by atoms with Crippen LogP contribution in [0.4, 0.5) is 10.5 Å². The number of carbonyl (C=O) groups excluding carboxylic acids is 3. The van der Waals surface area contributed by atoms with Crippen molar-refractivity contribution >= 4 is 29.6 Å². The van der Waals surface area contributed by atoms with Gasteiger partial charge < -0.3 is 5.11 Å². The van der Waals surface area contributed by atoms with E-state index in [1.54, 1.807) is 30.3 Å². The number of hydrogen-bond acceptors (Lipinski definition) is 4. The Labute approximate surface area is 144 Å². The molecule has 6 heteroatoms. The summed E-state index contributed by atoms with van der Waals surface area (Å²) in [6, 6.07) is 10.5. The zero-order valence-electron chi connectivity index (χ0n) is 13.7. The molecule has 2 N–H and O–H groups in total. The lowest BCUT2D eigenvalue weighted by Crippen LogP contribution is -2.54. The monoisotopic (exact) mass is 336 g/mol. The van der Waals surface area contributed by atoms with E-state index in [4.69, 9.17) is 0 Å². The number of urea groups is 1. The lowest BCUT2D eigenvalue weighted by molar-refractivity contribution is -0.122. The Morgan fingerprint density at radius 3 is 2.44 bits per heavy atom. The largest absolute Gasteiger partial charge is 0.508 e. The Morgan fingerprint density at radius 2 is 1.76 bits per heavy atom. The maximum absolute atomic E-state index is 12.7. The number of imide groups is 2. The van der Waals surface area contributed by atoms with Crippen LogP contribution in [0.15, 0.2) is 48.0 Å². The Kier molecular flexibility index (Phi) is 4.10. The molecule has 1 heterocycles. The molecule has 126 valence electrons. The Bertz CT molecular complexity index is 931. The summed E-state index contributed by atoms with van der Waals surface area (Å²) in [5.41, 5.74) is 2.64. The number of aromatic hydroxyl groups is 1. The first kappa shape index (κ1) is 16.4. The van der Waals surface area contributed by atoms with Crippen molar-refractivity contribution in [1.82, 2.24) is 5.32 Å². The van der Waals surface area contributed by atoms with E-state index >= 15 is 0 Å². The minimum atomic E-state index is -0.786. The molecule has 1 saturated heterocycles. The first-order valence-corrected chi connectivity index (χ1v) is 7.64. The second-order valence-electron chi connectivity index (χ2n) is 5.82. The first-order chi connectivity index (χ1) is 11.9. The van der Waals surface area contributed by atoms with Crippen molar-refractivity contribution in [3.05, 3.63) is 64.7 Å². The number of nitrogens with one attached hydrogen (secondary N) is 1. The number of phenols is 1. The molecule has 2 aromatic rings. The molecule has 0 aromatic heterocycles. The molecule has 25 heavy (non-hydrogen) atoms. The van der Waals surface area contributed by atoms with E-state index in [1.165, 1.54) is 18.2 Å². The molecule has 0 saturated carbocycles. The number of amides is 4. The predicted octanol–water partition coefficient (Wildman–Crippen LogP) is 2.68. The molecule has 1 aliphatic rings. The van der Waals surface area contributed by atoms with Gasteiger partial charge in [-0.25, -0.2) is 9.69 Å². The van der Waals surface area contributed by atoms with E-state index in [1.807, 2.05) is 13.8 Å². The fraction of sp³-hybridized carbons (Fsp3) is 0.105. The highest BCUT2D eigenvalue weighted by Crippen LogP contribution is 2.24. The van der Waals surface area contributed by atoms with Crippen molar-refractivity contribution in [2.45, 2.75) is 13.8 Å². The number of rotatable bonds is 2. The van der Waals surface area contributed by atoms with Crippen molar-refractivity contribution in [3.63, 3.8) is 0 Å². The van der Waals surface area contributed by atoms with Crippen LogP contribution in [0.1, 0.15) is 16.7 Å². The minimum absolute atomic E-state index is 0.0140. The number of aryl methyl sites for hydroxylation is 2. The molecule has 0 atom stereocenters. The summed E-state index contributed by atoms with van der Waals surface area (Å²) < 4.78 is 0. The average Bonchev–Trinajstić information content (AvgIpc) is 2.55. The molecule has 0 unspecified atom stereocenters. The smallest absolute Gasteiger partial charge is 0.335 e. The lowest BCUT2D eigenvalue weighted by atomic mass is 10.1. The second kappa shape index (κ2) is 6.24. The van der Waals surface area contributed by atoms with E-state index in [9.17, 15) is 19.5 Å². The van der Waals surface area contributed by atoms with Crippen molar-refractivity contribution in [2.24, 2.45) is 0 Å². The van der Waals surface area contributed by atoms with Crippen LogP contribution >= 0.6 is 0 Å². The topological polar surface area (TPSA) is 86.7 Å². The van der Waals surface area contributed by atoms with E-state index < -0.39 is 17.8 Å². The number of hydrogen-bond donors (Lipinski definition) is 2. The van der Waals surface area contributed by atoms with Crippen LogP contribution in [0.2, 0.25) is 0 Å². The van der Waals surface area contributed by atoms with E-state index in [2.05, 4.69) is 5.32 Å². The normalized spacial score (nSPS) is 16.3. The summed E-state index contributed by atoms with van der Waals surface area (Å²) in [6.07, 6.45) is 1.35. The van der Waals surface area contributed by atoms with Crippen LogP contribution in [0.5, 0.6) is 5.75 Å². The van der Waals surface area contributed by atoms with Crippen molar-refractivity contribution < 1.29 is 19.5 Å². The zero-order valence-corrected chi connectivity index (χ0v) is 13.7. The number of carbonyl (C=O) groups is 3.